The van der Waals surface area contributed by atoms with Crippen LogP contribution in [0.25, 0.3) is 0 Å². The van der Waals surface area contributed by atoms with Crippen molar-refractivity contribution in [3.05, 3.63) is 32.6 Å². The van der Waals surface area contributed by atoms with E-state index in [1.807, 2.05) is 6.92 Å². The molecule has 0 saturated carbocycles. The first-order chi connectivity index (χ1) is 9.56. The number of ether oxygens (including phenoxy) is 1. The number of hydrogen-bond acceptors (Lipinski definition) is 6. The molecular weight excluding hydrogens is 284 g/mol. The molecule has 20 heavy (non-hydrogen) atoms. The van der Waals surface area contributed by atoms with E-state index in [9.17, 15) is 14.7 Å². The Labute approximate surface area is 119 Å². The molecule has 1 fully saturated rings. The normalized spacial score (nSPS) is 26.1. The van der Waals surface area contributed by atoms with Gasteiger partial charge in [-0.15, -0.1) is 0 Å². The van der Waals surface area contributed by atoms with E-state index in [1.165, 1.54) is 10.8 Å². The summed E-state index contributed by atoms with van der Waals surface area (Å²) in [4.78, 5) is 25.8. The first kappa shape index (κ1) is 15.3. The third-order valence-corrected chi connectivity index (χ3v) is 4.12. The molecule has 8 heteroatoms. The predicted octanol–water partition coefficient (Wildman–Crippen LogP) is -0.570. The van der Waals surface area contributed by atoms with Crippen molar-refractivity contribution in [1.82, 2.24) is 9.55 Å². The molecule has 0 amide bonds. The van der Waals surface area contributed by atoms with E-state index in [-0.39, 0.29) is 13.0 Å². The summed E-state index contributed by atoms with van der Waals surface area (Å²) in [5, 5.41) is 18.8. The molecule has 0 unspecified atom stereocenters. The maximum Gasteiger partial charge on any atom is 0.330 e. The van der Waals surface area contributed by atoms with Gasteiger partial charge in [0.2, 0.25) is 0 Å². The Morgan fingerprint density at radius 1 is 1.55 bits per heavy atom. The van der Waals surface area contributed by atoms with E-state index < -0.39 is 29.7 Å². The van der Waals surface area contributed by atoms with Gasteiger partial charge in [0.05, 0.1) is 12.7 Å². The summed E-state index contributed by atoms with van der Waals surface area (Å²) in [5.74, 6) is 1.37. The smallest absolute Gasteiger partial charge is 0.330 e. The minimum Gasteiger partial charge on any atom is -0.394 e. The quantitative estimate of drug-likeness (QED) is 0.673. The number of aromatic amines is 1. The minimum absolute atomic E-state index is 0.206. The maximum atomic E-state index is 11.8. The van der Waals surface area contributed by atoms with E-state index in [2.05, 4.69) is 4.98 Å². The van der Waals surface area contributed by atoms with Crippen LogP contribution < -0.4 is 11.2 Å². The predicted molar refractivity (Wildman–Crippen MR) is 74.8 cm³/mol. The molecule has 1 aliphatic rings. The van der Waals surface area contributed by atoms with Gasteiger partial charge in [-0.2, -0.15) is 11.8 Å². The Balaban J connectivity index is 2.28. The number of H-pyrrole nitrogens is 1. The molecule has 3 atom stereocenters. The van der Waals surface area contributed by atoms with Crippen LogP contribution in [0.2, 0.25) is 0 Å². The SMILES string of the molecule is CCSCc1cn([C@H]2C[C@H](O)[C@@H](CO)O2)c(=O)[nH]c1=O. The molecule has 2 rings (SSSR count). The molecule has 112 valence electrons. The summed E-state index contributed by atoms with van der Waals surface area (Å²) < 4.78 is 6.69. The number of nitrogens with one attached hydrogen (secondary N) is 1. The van der Waals surface area contributed by atoms with Crippen LogP contribution >= 0.6 is 11.8 Å². The Hall–Kier alpha value is -1.09. The van der Waals surface area contributed by atoms with Crippen LogP contribution in [0.15, 0.2) is 15.8 Å². The molecule has 0 aromatic carbocycles. The lowest BCUT2D eigenvalue weighted by Gasteiger charge is -2.15. The van der Waals surface area contributed by atoms with Gasteiger partial charge < -0.3 is 14.9 Å². The Morgan fingerprint density at radius 3 is 2.90 bits per heavy atom. The Morgan fingerprint density at radius 2 is 2.30 bits per heavy atom. The summed E-state index contributed by atoms with van der Waals surface area (Å²) in [6.45, 7) is 1.67. The molecule has 0 bridgehead atoms. The number of rotatable bonds is 5. The van der Waals surface area contributed by atoms with Crippen molar-refractivity contribution >= 4 is 11.8 Å². The van der Waals surface area contributed by atoms with Gasteiger partial charge in [0.15, 0.2) is 0 Å². The highest BCUT2D eigenvalue weighted by atomic mass is 32.2. The van der Waals surface area contributed by atoms with Crippen molar-refractivity contribution in [2.45, 2.75) is 37.5 Å². The van der Waals surface area contributed by atoms with Gasteiger partial charge in [-0.25, -0.2) is 4.79 Å². The third kappa shape index (κ3) is 3.14. The van der Waals surface area contributed by atoms with Crippen LogP contribution in [0, 0.1) is 0 Å². The fourth-order valence-electron chi connectivity index (χ4n) is 2.11. The van der Waals surface area contributed by atoms with Crippen molar-refractivity contribution in [2.75, 3.05) is 12.4 Å². The van der Waals surface area contributed by atoms with Gasteiger partial charge in [-0.05, 0) is 5.75 Å². The third-order valence-electron chi connectivity index (χ3n) is 3.20. The minimum atomic E-state index is -0.822. The van der Waals surface area contributed by atoms with Crippen molar-refractivity contribution < 1.29 is 14.9 Å². The van der Waals surface area contributed by atoms with Crippen LogP contribution in [-0.4, -0.2) is 44.3 Å². The lowest BCUT2D eigenvalue weighted by Crippen LogP contribution is -2.34. The number of aromatic nitrogens is 2. The number of thioether (sulfide) groups is 1. The first-order valence-electron chi connectivity index (χ1n) is 6.43. The van der Waals surface area contributed by atoms with Crippen molar-refractivity contribution in [1.29, 1.82) is 0 Å². The Bertz CT molecular complexity index is 570. The molecule has 1 aliphatic heterocycles. The van der Waals surface area contributed by atoms with Crippen molar-refractivity contribution in [3.8, 4) is 0 Å². The van der Waals surface area contributed by atoms with E-state index in [0.29, 0.717) is 11.3 Å². The van der Waals surface area contributed by atoms with E-state index in [4.69, 9.17) is 9.84 Å². The topological polar surface area (TPSA) is 105 Å². The monoisotopic (exact) mass is 302 g/mol. The number of nitrogens with zero attached hydrogens (tertiary/aromatic N) is 1. The van der Waals surface area contributed by atoms with E-state index >= 15 is 0 Å². The van der Waals surface area contributed by atoms with Crippen LogP contribution in [0.5, 0.6) is 0 Å². The van der Waals surface area contributed by atoms with Crippen LogP contribution in [-0.2, 0) is 10.5 Å². The largest absolute Gasteiger partial charge is 0.394 e. The second kappa shape index (κ2) is 6.57. The number of aliphatic hydroxyl groups is 2. The van der Waals surface area contributed by atoms with E-state index in [0.717, 1.165) is 5.75 Å². The number of aliphatic hydroxyl groups excluding tert-OH is 2. The van der Waals surface area contributed by atoms with Gasteiger partial charge in [-0.3, -0.25) is 14.3 Å². The Kier molecular flexibility index (Phi) is 5.03. The molecule has 7 nitrogen and oxygen atoms in total. The van der Waals surface area contributed by atoms with Gasteiger partial charge in [-0.1, -0.05) is 6.92 Å². The second-order valence-electron chi connectivity index (χ2n) is 4.57. The molecule has 1 saturated heterocycles. The average molecular weight is 302 g/mol. The van der Waals surface area contributed by atoms with Crippen LogP contribution in [0.4, 0.5) is 0 Å². The highest BCUT2D eigenvalue weighted by Crippen LogP contribution is 2.27. The highest BCUT2D eigenvalue weighted by molar-refractivity contribution is 7.98. The zero-order valence-electron chi connectivity index (χ0n) is 11.1. The zero-order chi connectivity index (χ0) is 14.7. The van der Waals surface area contributed by atoms with Crippen molar-refractivity contribution in [2.24, 2.45) is 0 Å². The summed E-state index contributed by atoms with van der Waals surface area (Å²) in [6.07, 6.45) is -0.514. The first-order valence-corrected chi connectivity index (χ1v) is 7.58. The summed E-state index contributed by atoms with van der Waals surface area (Å²) >= 11 is 1.57. The molecule has 0 radical (unpaired) electrons. The van der Waals surface area contributed by atoms with Gasteiger partial charge in [0.1, 0.15) is 12.3 Å². The van der Waals surface area contributed by atoms with Crippen molar-refractivity contribution in [3.63, 3.8) is 0 Å². The second-order valence-corrected chi connectivity index (χ2v) is 5.85. The summed E-state index contributed by atoms with van der Waals surface area (Å²) in [5.41, 5.74) is -0.484. The summed E-state index contributed by atoms with van der Waals surface area (Å²) in [6, 6.07) is 0. The molecule has 1 aromatic heterocycles. The molecule has 3 N–H and O–H groups in total. The summed E-state index contributed by atoms with van der Waals surface area (Å²) in [7, 11) is 0. The lowest BCUT2D eigenvalue weighted by molar-refractivity contribution is -0.0459. The van der Waals surface area contributed by atoms with Crippen LogP contribution in [0.1, 0.15) is 25.1 Å². The van der Waals surface area contributed by atoms with Gasteiger partial charge in [0, 0.05) is 23.9 Å². The molecule has 0 aliphatic carbocycles. The van der Waals surface area contributed by atoms with Gasteiger partial charge in [0.25, 0.3) is 5.56 Å². The maximum absolute atomic E-state index is 11.8. The standard InChI is InChI=1S/C12H18N2O5S/c1-2-20-6-7-4-14(12(18)13-11(7)17)10-3-8(16)9(5-15)19-10/h4,8-10,15-16H,2-3,5-6H2,1H3,(H,13,17,18)/t8-,9+,10+/m0/s1. The fraction of sp³-hybridized carbons (Fsp3) is 0.667. The molecule has 1 aromatic rings. The van der Waals surface area contributed by atoms with Crippen LogP contribution in [0.3, 0.4) is 0 Å². The highest BCUT2D eigenvalue weighted by Gasteiger charge is 2.35. The molecule has 2 heterocycles. The number of hydrogen-bond donors (Lipinski definition) is 3. The zero-order valence-corrected chi connectivity index (χ0v) is 11.9. The lowest BCUT2D eigenvalue weighted by atomic mass is 10.2. The fourth-order valence-corrected chi connectivity index (χ4v) is 2.74. The average Bonchev–Trinajstić information content (AvgIpc) is 2.79. The van der Waals surface area contributed by atoms with Gasteiger partial charge >= 0.3 is 5.69 Å². The molecular formula is C12H18N2O5S. The molecule has 0 spiro atoms. The van der Waals surface area contributed by atoms with E-state index in [1.54, 1.807) is 11.8 Å².